The van der Waals surface area contributed by atoms with Crippen molar-refractivity contribution >= 4 is 11.9 Å². The van der Waals surface area contributed by atoms with Crippen LogP contribution >= 0.6 is 0 Å². The molecule has 0 aliphatic rings. The Morgan fingerprint density at radius 1 is 1.11 bits per heavy atom. The molecule has 7 heteroatoms. The first-order valence-corrected chi connectivity index (χ1v) is 8.83. The molecule has 0 fully saturated rings. The van der Waals surface area contributed by atoms with E-state index >= 15 is 0 Å². The molecule has 0 radical (unpaired) electrons. The Balaban J connectivity index is 1.89. The van der Waals surface area contributed by atoms with Gasteiger partial charge in [-0.1, -0.05) is 18.2 Å². The number of amides is 1. The fourth-order valence-corrected chi connectivity index (χ4v) is 2.65. The number of ether oxygens (including phenoxy) is 2. The highest BCUT2D eigenvalue weighted by molar-refractivity contribution is 5.89. The zero-order chi connectivity index (χ0) is 20.7. The molecule has 0 aliphatic carbocycles. The maximum atomic E-state index is 13.8. The fraction of sp³-hybridized carbons (Fsp3) is 0.333. The lowest BCUT2D eigenvalue weighted by molar-refractivity contribution is -0.125. The Morgan fingerprint density at radius 3 is 2.32 bits per heavy atom. The van der Waals surface area contributed by atoms with E-state index in [0.29, 0.717) is 18.7 Å². The number of benzene rings is 2. The Morgan fingerprint density at radius 2 is 1.75 bits per heavy atom. The SMILES string of the molecule is COC(=O)c1ccc(CNC(=O)C(C)N(C)Cc2ccc(OC)c(F)c2)cc1. The standard InChI is InChI=1S/C21H25FN2O4/c1-14(24(2)13-16-7-10-19(27-3)18(22)11-16)20(25)23-12-15-5-8-17(9-6-15)21(26)28-4/h5-11,14H,12-13H2,1-4H3,(H,23,25). The average Bonchev–Trinajstić information content (AvgIpc) is 2.71. The normalized spacial score (nSPS) is 11.8. The molecule has 0 aliphatic heterocycles. The van der Waals surface area contributed by atoms with Crippen LogP contribution in [0.3, 0.4) is 0 Å². The summed E-state index contributed by atoms with van der Waals surface area (Å²) in [4.78, 5) is 25.7. The van der Waals surface area contributed by atoms with E-state index in [1.165, 1.54) is 20.3 Å². The van der Waals surface area contributed by atoms with Gasteiger partial charge in [0, 0.05) is 13.1 Å². The monoisotopic (exact) mass is 388 g/mol. The molecule has 1 unspecified atom stereocenters. The number of carbonyl (C=O) groups excluding carboxylic acids is 2. The summed E-state index contributed by atoms with van der Waals surface area (Å²) in [6.07, 6.45) is 0. The summed E-state index contributed by atoms with van der Waals surface area (Å²) >= 11 is 0. The van der Waals surface area contributed by atoms with Gasteiger partial charge in [-0.05, 0) is 49.4 Å². The minimum Gasteiger partial charge on any atom is -0.494 e. The second-order valence-corrected chi connectivity index (χ2v) is 6.47. The lowest BCUT2D eigenvalue weighted by Crippen LogP contribution is -2.42. The van der Waals surface area contributed by atoms with Crippen LogP contribution in [0.5, 0.6) is 5.75 Å². The molecular formula is C21H25FN2O4. The van der Waals surface area contributed by atoms with E-state index in [4.69, 9.17) is 4.74 Å². The van der Waals surface area contributed by atoms with Crippen molar-refractivity contribution in [2.24, 2.45) is 0 Å². The van der Waals surface area contributed by atoms with E-state index in [0.717, 1.165) is 11.1 Å². The first-order valence-electron chi connectivity index (χ1n) is 8.83. The smallest absolute Gasteiger partial charge is 0.337 e. The van der Waals surface area contributed by atoms with Gasteiger partial charge in [0.1, 0.15) is 0 Å². The van der Waals surface area contributed by atoms with Crippen molar-refractivity contribution in [2.75, 3.05) is 21.3 Å². The summed E-state index contributed by atoms with van der Waals surface area (Å²) in [5.41, 5.74) is 2.07. The lowest BCUT2D eigenvalue weighted by atomic mass is 10.1. The van der Waals surface area contributed by atoms with E-state index in [1.807, 2.05) is 4.90 Å². The third kappa shape index (κ3) is 5.53. The number of methoxy groups -OCH3 is 2. The molecule has 6 nitrogen and oxygen atoms in total. The van der Waals surface area contributed by atoms with Gasteiger partial charge in [-0.2, -0.15) is 0 Å². The van der Waals surface area contributed by atoms with E-state index < -0.39 is 17.8 Å². The van der Waals surface area contributed by atoms with Gasteiger partial charge in [0.2, 0.25) is 5.91 Å². The Labute approximate surface area is 164 Å². The maximum Gasteiger partial charge on any atom is 0.337 e. The van der Waals surface area contributed by atoms with Gasteiger partial charge in [0.25, 0.3) is 0 Å². The largest absolute Gasteiger partial charge is 0.494 e. The summed E-state index contributed by atoms with van der Waals surface area (Å²) in [5.74, 6) is -0.786. The van der Waals surface area contributed by atoms with Crippen molar-refractivity contribution in [3.8, 4) is 5.75 Å². The number of hydrogen-bond acceptors (Lipinski definition) is 5. The number of esters is 1. The zero-order valence-corrected chi connectivity index (χ0v) is 16.5. The third-order valence-corrected chi connectivity index (χ3v) is 4.53. The first-order chi connectivity index (χ1) is 13.3. The van der Waals surface area contributed by atoms with Crippen LogP contribution in [0.1, 0.15) is 28.4 Å². The summed E-state index contributed by atoms with van der Waals surface area (Å²) in [6, 6.07) is 11.2. The van der Waals surface area contributed by atoms with Gasteiger partial charge in [0.15, 0.2) is 11.6 Å². The van der Waals surface area contributed by atoms with Crippen molar-refractivity contribution < 1.29 is 23.5 Å². The maximum absolute atomic E-state index is 13.8. The molecule has 150 valence electrons. The third-order valence-electron chi connectivity index (χ3n) is 4.53. The summed E-state index contributed by atoms with van der Waals surface area (Å²) in [6.45, 7) is 2.55. The molecule has 28 heavy (non-hydrogen) atoms. The number of halogens is 1. The lowest BCUT2D eigenvalue weighted by Gasteiger charge is -2.24. The van der Waals surface area contributed by atoms with Gasteiger partial charge in [0.05, 0.1) is 25.8 Å². The molecule has 0 bridgehead atoms. The number of hydrogen-bond donors (Lipinski definition) is 1. The fourth-order valence-electron chi connectivity index (χ4n) is 2.65. The first kappa shape index (κ1) is 21.4. The van der Waals surface area contributed by atoms with Crippen LogP contribution in [0.2, 0.25) is 0 Å². The predicted octanol–water partition coefficient (Wildman–Crippen LogP) is 2.76. The zero-order valence-electron chi connectivity index (χ0n) is 16.5. The molecule has 0 aromatic heterocycles. The predicted molar refractivity (Wildman–Crippen MR) is 104 cm³/mol. The number of nitrogens with one attached hydrogen (secondary N) is 1. The number of carbonyl (C=O) groups is 2. The van der Waals surface area contributed by atoms with Gasteiger partial charge >= 0.3 is 5.97 Å². The minimum atomic E-state index is -0.430. The summed E-state index contributed by atoms with van der Waals surface area (Å²) < 4.78 is 23.4. The molecule has 1 atom stereocenters. The van der Waals surface area contributed by atoms with Gasteiger partial charge in [-0.3, -0.25) is 9.69 Å². The molecule has 1 amide bonds. The Bertz CT molecular complexity index is 824. The Hall–Kier alpha value is -2.93. The molecule has 0 saturated carbocycles. The van der Waals surface area contributed by atoms with E-state index in [1.54, 1.807) is 50.4 Å². The molecule has 2 rings (SSSR count). The minimum absolute atomic E-state index is 0.145. The number of rotatable bonds is 8. The van der Waals surface area contributed by atoms with E-state index in [-0.39, 0.29) is 11.7 Å². The summed E-state index contributed by atoms with van der Waals surface area (Å²) in [7, 11) is 4.55. The molecule has 2 aromatic rings. The average molecular weight is 388 g/mol. The van der Waals surface area contributed by atoms with Crippen LogP contribution in [0, 0.1) is 5.82 Å². The quantitative estimate of drug-likeness (QED) is 0.705. The molecule has 0 heterocycles. The van der Waals surface area contributed by atoms with Crippen molar-refractivity contribution in [2.45, 2.75) is 26.1 Å². The van der Waals surface area contributed by atoms with Gasteiger partial charge in [-0.25, -0.2) is 9.18 Å². The second-order valence-electron chi connectivity index (χ2n) is 6.47. The van der Waals surface area contributed by atoms with Gasteiger partial charge < -0.3 is 14.8 Å². The summed E-state index contributed by atoms with van der Waals surface area (Å²) in [5, 5.41) is 2.87. The van der Waals surface area contributed by atoms with Crippen LogP contribution in [0.4, 0.5) is 4.39 Å². The molecule has 0 spiro atoms. The van der Waals surface area contributed by atoms with Crippen molar-refractivity contribution in [3.63, 3.8) is 0 Å². The van der Waals surface area contributed by atoms with E-state index in [2.05, 4.69) is 10.1 Å². The molecule has 0 saturated heterocycles. The molecule has 1 N–H and O–H groups in total. The van der Waals surface area contributed by atoms with Crippen molar-refractivity contribution in [1.82, 2.24) is 10.2 Å². The molecule has 2 aromatic carbocycles. The number of nitrogens with zero attached hydrogens (tertiary/aromatic N) is 1. The van der Waals surface area contributed by atoms with Crippen LogP contribution < -0.4 is 10.1 Å². The highest BCUT2D eigenvalue weighted by Gasteiger charge is 2.18. The van der Waals surface area contributed by atoms with Crippen LogP contribution in [-0.2, 0) is 22.6 Å². The topological polar surface area (TPSA) is 67.9 Å². The second kappa shape index (κ2) is 9.85. The van der Waals surface area contributed by atoms with Crippen molar-refractivity contribution in [3.05, 3.63) is 65.0 Å². The van der Waals surface area contributed by atoms with Crippen molar-refractivity contribution in [1.29, 1.82) is 0 Å². The Kier molecular flexibility index (Phi) is 7.52. The highest BCUT2D eigenvalue weighted by atomic mass is 19.1. The highest BCUT2D eigenvalue weighted by Crippen LogP contribution is 2.19. The van der Waals surface area contributed by atoms with E-state index in [9.17, 15) is 14.0 Å². The number of likely N-dealkylation sites (N-methyl/N-ethyl adjacent to an activating group) is 1. The van der Waals surface area contributed by atoms with Crippen LogP contribution in [0.15, 0.2) is 42.5 Å². The van der Waals surface area contributed by atoms with Gasteiger partial charge in [-0.15, -0.1) is 0 Å². The molecular weight excluding hydrogens is 363 g/mol. The van der Waals surface area contributed by atoms with Crippen LogP contribution in [-0.4, -0.2) is 44.1 Å². The van der Waals surface area contributed by atoms with Crippen LogP contribution in [0.25, 0.3) is 0 Å².